The highest BCUT2D eigenvalue weighted by molar-refractivity contribution is 4.87. The molecule has 1 aromatic rings. The van der Waals surface area contributed by atoms with Crippen LogP contribution in [0.4, 0.5) is 0 Å². The predicted octanol–water partition coefficient (Wildman–Crippen LogP) is 0.993. The molecule has 96 valence electrons. The number of nitrogens with zero attached hydrogens (tertiary/aromatic N) is 3. The molecule has 0 aliphatic carbocycles. The van der Waals surface area contributed by atoms with E-state index in [0.29, 0.717) is 18.0 Å². The molecule has 0 saturated carbocycles. The van der Waals surface area contributed by atoms with E-state index in [0.717, 1.165) is 25.3 Å². The summed E-state index contributed by atoms with van der Waals surface area (Å²) in [5.41, 5.74) is 0. The first kappa shape index (κ1) is 12.5. The maximum absolute atomic E-state index is 4.94. The molecule has 1 fully saturated rings. The topological polar surface area (TPSA) is 54.2 Å². The van der Waals surface area contributed by atoms with Crippen molar-refractivity contribution in [2.45, 2.75) is 45.7 Å². The number of rotatable bonds is 5. The van der Waals surface area contributed by atoms with Crippen molar-refractivity contribution in [2.75, 3.05) is 19.6 Å². The maximum atomic E-state index is 4.94. The molecular formula is C12H22N4O. The molecule has 1 atom stereocenters. The summed E-state index contributed by atoms with van der Waals surface area (Å²) in [6.07, 6.45) is 2.08. The molecule has 1 unspecified atom stereocenters. The standard InChI is InChI=1S/C12H22N4O/c1-9(2)16-7-5-11(8-16)13-6-4-12-14-10(3)17-15-12/h9,11,13H,4-8H2,1-3H3. The molecule has 1 aliphatic rings. The first-order chi connectivity index (χ1) is 8.15. The molecule has 0 radical (unpaired) electrons. The van der Waals surface area contributed by atoms with Crippen LogP contribution < -0.4 is 5.32 Å². The summed E-state index contributed by atoms with van der Waals surface area (Å²) in [4.78, 5) is 6.70. The minimum Gasteiger partial charge on any atom is -0.340 e. The number of aryl methyl sites for hydroxylation is 1. The van der Waals surface area contributed by atoms with Gasteiger partial charge in [-0.15, -0.1) is 0 Å². The Balaban J connectivity index is 1.66. The molecule has 1 saturated heterocycles. The Morgan fingerprint density at radius 1 is 1.53 bits per heavy atom. The third-order valence-electron chi connectivity index (χ3n) is 3.30. The third kappa shape index (κ3) is 3.51. The molecule has 5 nitrogen and oxygen atoms in total. The van der Waals surface area contributed by atoms with Gasteiger partial charge in [0.25, 0.3) is 0 Å². The number of hydrogen-bond donors (Lipinski definition) is 1. The second-order valence-corrected chi connectivity index (χ2v) is 5.01. The molecule has 0 aromatic carbocycles. The van der Waals surface area contributed by atoms with Crippen molar-refractivity contribution < 1.29 is 4.52 Å². The third-order valence-corrected chi connectivity index (χ3v) is 3.30. The zero-order valence-corrected chi connectivity index (χ0v) is 10.9. The normalized spacial score (nSPS) is 21.5. The van der Waals surface area contributed by atoms with E-state index in [1.807, 2.05) is 6.92 Å². The average Bonchev–Trinajstić information content (AvgIpc) is 2.88. The molecule has 0 spiro atoms. The molecule has 5 heteroatoms. The van der Waals surface area contributed by atoms with Crippen molar-refractivity contribution in [2.24, 2.45) is 0 Å². The van der Waals surface area contributed by atoms with Gasteiger partial charge in [-0.05, 0) is 26.8 Å². The van der Waals surface area contributed by atoms with E-state index in [1.165, 1.54) is 13.0 Å². The van der Waals surface area contributed by atoms with Crippen LogP contribution in [-0.4, -0.2) is 46.8 Å². The SMILES string of the molecule is Cc1nc(CCNC2CCN(C(C)C)C2)no1. The summed E-state index contributed by atoms with van der Waals surface area (Å²) >= 11 is 0. The number of hydrogen-bond acceptors (Lipinski definition) is 5. The zero-order valence-electron chi connectivity index (χ0n) is 10.9. The minimum atomic E-state index is 0.616. The quantitative estimate of drug-likeness (QED) is 0.829. The largest absolute Gasteiger partial charge is 0.340 e. The van der Waals surface area contributed by atoms with Gasteiger partial charge in [-0.25, -0.2) is 0 Å². The molecule has 1 aromatic heterocycles. The fraction of sp³-hybridized carbons (Fsp3) is 0.833. The van der Waals surface area contributed by atoms with Gasteiger partial charge in [0.2, 0.25) is 5.89 Å². The van der Waals surface area contributed by atoms with Crippen molar-refractivity contribution in [1.82, 2.24) is 20.4 Å². The van der Waals surface area contributed by atoms with E-state index in [-0.39, 0.29) is 0 Å². The summed E-state index contributed by atoms with van der Waals surface area (Å²) in [7, 11) is 0. The van der Waals surface area contributed by atoms with Crippen LogP contribution in [0.25, 0.3) is 0 Å². The van der Waals surface area contributed by atoms with Gasteiger partial charge in [0, 0.05) is 38.5 Å². The van der Waals surface area contributed by atoms with Crippen LogP contribution in [0.15, 0.2) is 4.52 Å². The summed E-state index contributed by atoms with van der Waals surface area (Å²) < 4.78 is 4.94. The van der Waals surface area contributed by atoms with Gasteiger partial charge in [-0.3, -0.25) is 4.90 Å². The van der Waals surface area contributed by atoms with Crippen LogP contribution in [0.5, 0.6) is 0 Å². The van der Waals surface area contributed by atoms with Gasteiger partial charge in [-0.1, -0.05) is 5.16 Å². The van der Waals surface area contributed by atoms with E-state index < -0.39 is 0 Å². The smallest absolute Gasteiger partial charge is 0.223 e. The first-order valence-corrected chi connectivity index (χ1v) is 6.42. The lowest BCUT2D eigenvalue weighted by Gasteiger charge is -2.20. The summed E-state index contributed by atoms with van der Waals surface area (Å²) in [5, 5.41) is 7.45. The maximum Gasteiger partial charge on any atom is 0.223 e. The molecule has 17 heavy (non-hydrogen) atoms. The summed E-state index contributed by atoms with van der Waals surface area (Å²) in [6, 6.07) is 1.27. The van der Waals surface area contributed by atoms with Crippen molar-refractivity contribution in [1.29, 1.82) is 0 Å². The van der Waals surface area contributed by atoms with Gasteiger partial charge < -0.3 is 9.84 Å². The lowest BCUT2D eigenvalue weighted by Crippen LogP contribution is -2.36. The summed E-state index contributed by atoms with van der Waals surface area (Å²) in [6.45, 7) is 9.62. The Morgan fingerprint density at radius 3 is 2.94 bits per heavy atom. The van der Waals surface area contributed by atoms with E-state index in [1.54, 1.807) is 0 Å². The van der Waals surface area contributed by atoms with Crippen LogP contribution in [0.1, 0.15) is 32.0 Å². The van der Waals surface area contributed by atoms with Gasteiger partial charge in [0.05, 0.1) is 0 Å². The lowest BCUT2D eigenvalue weighted by atomic mass is 10.2. The van der Waals surface area contributed by atoms with Crippen LogP contribution in [0.3, 0.4) is 0 Å². The monoisotopic (exact) mass is 238 g/mol. The minimum absolute atomic E-state index is 0.616. The molecule has 1 aliphatic heterocycles. The van der Waals surface area contributed by atoms with Crippen LogP contribution >= 0.6 is 0 Å². The Labute approximate surface area is 103 Å². The number of likely N-dealkylation sites (tertiary alicyclic amines) is 1. The fourth-order valence-electron chi connectivity index (χ4n) is 2.25. The van der Waals surface area contributed by atoms with E-state index in [4.69, 9.17) is 4.52 Å². The van der Waals surface area contributed by atoms with Gasteiger partial charge in [0.15, 0.2) is 5.82 Å². The summed E-state index contributed by atoms with van der Waals surface area (Å²) in [5.74, 6) is 1.44. The first-order valence-electron chi connectivity index (χ1n) is 6.42. The van der Waals surface area contributed by atoms with Crippen molar-refractivity contribution >= 4 is 0 Å². The fourth-order valence-corrected chi connectivity index (χ4v) is 2.25. The lowest BCUT2D eigenvalue weighted by molar-refractivity contribution is 0.268. The van der Waals surface area contributed by atoms with E-state index in [9.17, 15) is 0 Å². The zero-order chi connectivity index (χ0) is 12.3. The Bertz CT molecular complexity index is 350. The van der Waals surface area contributed by atoms with Gasteiger partial charge in [-0.2, -0.15) is 4.98 Å². The van der Waals surface area contributed by atoms with Crippen LogP contribution in [0.2, 0.25) is 0 Å². The van der Waals surface area contributed by atoms with Gasteiger partial charge in [0.1, 0.15) is 0 Å². The predicted molar refractivity (Wildman–Crippen MR) is 65.9 cm³/mol. The molecular weight excluding hydrogens is 216 g/mol. The van der Waals surface area contributed by atoms with E-state index >= 15 is 0 Å². The highest BCUT2D eigenvalue weighted by Gasteiger charge is 2.23. The average molecular weight is 238 g/mol. The number of nitrogens with one attached hydrogen (secondary N) is 1. The Kier molecular flexibility index (Phi) is 4.12. The Morgan fingerprint density at radius 2 is 2.35 bits per heavy atom. The molecule has 2 rings (SSSR count). The van der Waals surface area contributed by atoms with Gasteiger partial charge >= 0.3 is 0 Å². The molecule has 2 heterocycles. The van der Waals surface area contributed by atoms with Crippen molar-refractivity contribution in [3.05, 3.63) is 11.7 Å². The Hall–Kier alpha value is -0.940. The second kappa shape index (κ2) is 5.60. The number of aromatic nitrogens is 2. The second-order valence-electron chi connectivity index (χ2n) is 5.01. The highest BCUT2D eigenvalue weighted by atomic mass is 16.5. The molecule has 1 N–H and O–H groups in total. The van der Waals surface area contributed by atoms with Crippen molar-refractivity contribution in [3.8, 4) is 0 Å². The van der Waals surface area contributed by atoms with Crippen LogP contribution in [0, 0.1) is 6.92 Å². The highest BCUT2D eigenvalue weighted by Crippen LogP contribution is 2.12. The van der Waals surface area contributed by atoms with Crippen molar-refractivity contribution in [3.63, 3.8) is 0 Å². The van der Waals surface area contributed by atoms with E-state index in [2.05, 4.69) is 34.2 Å². The van der Waals surface area contributed by atoms with Crippen LogP contribution in [-0.2, 0) is 6.42 Å². The molecule has 0 bridgehead atoms. The molecule has 0 amide bonds.